The maximum absolute atomic E-state index is 13.7. The minimum atomic E-state index is -4.21. The zero-order valence-electron chi connectivity index (χ0n) is 21.5. The van der Waals surface area contributed by atoms with E-state index < -0.39 is 32.5 Å². The van der Waals surface area contributed by atoms with Crippen molar-refractivity contribution in [3.05, 3.63) is 97.3 Å². The van der Waals surface area contributed by atoms with E-state index in [9.17, 15) is 21.6 Å². The van der Waals surface area contributed by atoms with Crippen LogP contribution in [0.2, 0.25) is 0 Å². The number of methoxy groups -OCH3 is 2. The van der Waals surface area contributed by atoms with E-state index in [2.05, 4.69) is 15.0 Å². The molecule has 0 saturated heterocycles. The zero-order valence-corrected chi connectivity index (χ0v) is 23.1. The van der Waals surface area contributed by atoms with Gasteiger partial charge in [0.05, 0.1) is 41.6 Å². The average molecular weight is 583 g/mol. The molecule has 0 aliphatic heterocycles. The number of pyridine rings is 1. The fourth-order valence-electron chi connectivity index (χ4n) is 3.70. The summed E-state index contributed by atoms with van der Waals surface area (Å²) in [5, 5.41) is 2.62. The second kappa shape index (κ2) is 12.1. The van der Waals surface area contributed by atoms with Crippen LogP contribution >= 0.6 is 0 Å². The van der Waals surface area contributed by atoms with Gasteiger partial charge in [-0.1, -0.05) is 18.2 Å². The topological polar surface area (TPSA) is 144 Å². The van der Waals surface area contributed by atoms with E-state index in [1.165, 1.54) is 69.1 Å². The fraction of sp³-hybridized carbons (Fsp3) is 0.111. The lowest BCUT2D eigenvalue weighted by molar-refractivity contribution is -0.114. The second-order valence-electron chi connectivity index (χ2n) is 8.28. The highest BCUT2D eigenvalue weighted by Crippen LogP contribution is 2.32. The van der Waals surface area contributed by atoms with E-state index in [0.29, 0.717) is 11.4 Å². The predicted molar refractivity (Wildman–Crippen MR) is 151 cm³/mol. The maximum atomic E-state index is 13.7. The summed E-state index contributed by atoms with van der Waals surface area (Å²) in [6, 6.07) is 21.0. The molecule has 0 unspecified atom stereocenters. The van der Waals surface area contributed by atoms with Crippen LogP contribution in [0.15, 0.2) is 107 Å². The smallest absolute Gasteiger partial charge is 0.264 e. The molecular formula is C27H26N4O7S2. The number of aromatic nitrogens is 1. The van der Waals surface area contributed by atoms with Gasteiger partial charge >= 0.3 is 0 Å². The van der Waals surface area contributed by atoms with Gasteiger partial charge in [0.15, 0.2) is 11.5 Å². The second-order valence-corrected chi connectivity index (χ2v) is 11.8. The summed E-state index contributed by atoms with van der Waals surface area (Å²) in [4.78, 5) is 16.8. The number of nitrogens with zero attached hydrogens (tertiary/aromatic N) is 2. The number of sulfonamides is 2. The molecule has 0 fully saturated rings. The Balaban J connectivity index is 1.54. The normalized spacial score (nSPS) is 11.3. The molecule has 3 aromatic carbocycles. The molecule has 0 spiro atoms. The molecule has 0 atom stereocenters. The largest absolute Gasteiger partial charge is 0.493 e. The average Bonchev–Trinajstić information content (AvgIpc) is 2.96. The third kappa shape index (κ3) is 6.50. The van der Waals surface area contributed by atoms with Crippen molar-refractivity contribution in [3.8, 4) is 11.5 Å². The van der Waals surface area contributed by atoms with Gasteiger partial charge in [0, 0.05) is 18.0 Å². The van der Waals surface area contributed by atoms with Crippen molar-refractivity contribution < 1.29 is 31.1 Å². The van der Waals surface area contributed by atoms with Crippen LogP contribution in [0.25, 0.3) is 0 Å². The van der Waals surface area contributed by atoms with Crippen LogP contribution < -0.4 is 23.8 Å². The molecule has 4 rings (SSSR count). The first-order valence-corrected chi connectivity index (χ1v) is 14.7. The van der Waals surface area contributed by atoms with Gasteiger partial charge in [-0.25, -0.2) is 16.8 Å². The number of para-hydroxylation sites is 1. The number of nitrogens with one attached hydrogen (secondary N) is 2. The quantitative estimate of drug-likeness (QED) is 0.272. The Morgan fingerprint density at radius 1 is 0.800 bits per heavy atom. The summed E-state index contributed by atoms with van der Waals surface area (Å²) in [5.41, 5.74) is 0.855. The van der Waals surface area contributed by atoms with Crippen molar-refractivity contribution in [1.29, 1.82) is 0 Å². The number of rotatable bonds is 11. The summed E-state index contributed by atoms with van der Waals surface area (Å²) in [7, 11) is -5.27. The van der Waals surface area contributed by atoms with Crippen molar-refractivity contribution in [2.24, 2.45) is 0 Å². The summed E-state index contributed by atoms with van der Waals surface area (Å²) >= 11 is 0. The predicted octanol–water partition coefficient (Wildman–Crippen LogP) is 3.73. The Kier molecular flexibility index (Phi) is 8.55. The zero-order chi connectivity index (χ0) is 28.8. The molecule has 11 nitrogen and oxygen atoms in total. The van der Waals surface area contributed by atoms with Crippen LogP contribution in [0.3, 0.4) is 0 Å². The number of hydrogen-bond donors (Lipinski definition) is 2. The molecule has 208 valence electrons. The summed E-state index contributed by atoms with van der Waals surface area (Å²) in [6.07, 6.45) is 2.90. The molecule has 1 heterocycles. The van der Waals surface area contributed by atoms with Gasteiger partial charge in [-0.2, -0.15) is 0 Å². The van der Waals surface area contributed by atoms with E-state index >= 15 is 0 Å². The van der Waals surface area contributed by atoms with Crippen molar-refractivity contribution in [3.63, 3.8) is 0 Å². The number of amides is 1. The third-order valence-corrected chi connectivity index (χ3v) is 8.80. The lowest BCUT2D eigenvalue weighted by atomic mass is 10.3. The van der Waals surface area contributed by atoms with E-state index in [1.807, 2.05) is 0 Å². The van der Waals surface area contributed by atoms with Gasteiger partial charge in [-0.3, -0.25) is 18.8 Å². The number of ether oxygens (including phenoxy) is 2. The maximum Gasteiger partial charge on any atom is 0.264 e. The molecule has 0 aliphatic rings. The molecule has 40 heavy (non-hydrogen) atoms. The first-order valence-electron chi connectivity index (χ1n) is 11.8. The van der Waals surface area contributed by atoms with Crippen LogP contribution in [0.1, 0.15) is 0 Å². The van der Waals surface area contributed by atoms with Crippen LogP contribution in [0.4, 0.5) is 17.1 Å². The molecule has 1 aromatic heterocycles. The van der Waals surface area contributed by atoms with Crippen molar-refractivity contribution in [1.82, 2.24) is 4.98 Å². The molecule has 4 aromatic rings. The number of hydrogen-bond acceptors (Lipinski definition) is 8. The summed E-state index contributed by atoms with van der Waals surface area (Å²) in [6.45, 7) is -0.552. The first-order chi connectivity index (χ1) is 19.1. The summed E-state index contributed by atoms with van der Waals surface area (Å²) in [5.74, 6) is -0.0716. The van der Waals surface area contributed by atoms with E-state index in [1.54, 1.807) is 42.5 Å². The first kappa shape index (κ1) is 28.4. The van der Waals surface area contributed by atoms with Crippen LogP contribution in [-0.2, 0) is 24.8 Å². The minimum Gasteiger partial charge on any atom is -0.493 e. The lowest BCUT2D eigenvalue weighted by Gasteiger charge is -2.24. The van der Waals surface area contributed by atoms with Crippen molar-refractivity contribution in [2.75, 3.05) is 35.1 Å². The standard InChI is InChI=1S/C27H26N4O7S2/c1-37-25-15-14-24(17-26(25)38-2)40(35,36)31(22-8-4-3-5-9-22)19-27(32)29-20-10-12-23(13-11-20)39(33,34)30-21-7-6-16-28-18-21/h3-18,30H,19H2,1-2H3,(H,29,32). The molecule has 1 amide bonds. The van der Waals surface area contributed by atoms with Gasteiger partial charge < -0.3 is 14.8 Å². The third-order valence-electron chi connectivity index (χ3n) is 5.64. The fourth-order valence-corrected chi connectivity index (χ4v) is 6.18. The summed E-state index contributed by atoms with van der Waals surface area (Å²) < 4.78 is 66.5. The highest BCUT2D eigenvalue weighted by atomic mass is 32.2. The molecule has 0 bridgehead atoms. The Morgan fingerprint density at radius 3 is 2.10 bits per heavy atom. The highest BCUT2D eigenvalue weighted by Gasteiger charge is 2.28. The molecule has 0 aliphatic carbocycles. The van der Waals surface area contributed by atoms with Gasteiger partial charge in [0.2, 0.25) is 5.91 Å². The number of carbonyl (C=O) groups is 1. The van der Waals surface area contributed by atoms with Crippen LogP contribution in [-0.4, -0.2) is 48.5 Å². The van der Waals surface area contributed by atoms with E-state index in [4.69, 9.17) is 9.47 Å². The molecule has 0 radical (unpaired) electrons. The van der Waals surface area contributed by atoms with Crippen molar-refractivity contribution in [2.45, 2.75) is 9.79 Å². The Hall–Kier alpha value is -4.62. The SMILES string of the molecule is COc1ccc(S(=O)(=O)N(CC(=O)Nc2ccc(S(=O)(=O)Nc3cccnc3)cc2)c2ccccc2)cc1OC. The molecule has 13 heteroatoms. The number of anilines is 3. The Morgan fingerprint density at radius 2 is 1.48 bits per heavy atom. The monoisotopic (exact) mass is 582 g/mol. The van der Waals surface area contributed by atoms with E-state index in [0.717, 1.165) is 4.31 Å². The van der Waals surface area contributed by atoms with Crippen LogP contribution in [0, 0.1) is 0 Å². The van der Waals surface area contributed by atoms with Gasteiger partial charge in [0.1, 0.15) is 6.54 Å². The number of benzene rings is 3. The van der Waals surface area contributed by atoms with E-state index in [-0.39, 0.29) is 26.9 Å². The Labute approximate surface area is 232 Å². The van der Waals surface area contributed by atoms with Gasteiger partial charge in [-0.05, 0) is 60.7 Å². The highest BCUT2D eigenvalue weighted by molar-refractivity contribution is 7.93. The minimum absolute atomic E-state index is 0.0312. The van der Waals surface area contributed by atoms with Gasteiger partial charge in [-0.15, -0.1) is 0 Å². The van der Waals surface area contributed by atoms with Crippen LogP contribution in [0.5, 0.6) is 11.5 Å². The van der Waals surface area contributed by atoms with Crippen molar-refractivity contribution >= 4 is 43.0 Å². The Bertz CT molecular complexity index is 1680. The molecule has 2 N–H and O–H groups in total. The lowest BCUT2D eigenvalue weighted by Crippen LogP contribution is -2.38. The van der Waals surface area contributed by atoms with Gasteiger partial charge in [0.25, 0.3) is 20.0 Å². The molecule has 0 saturated carbocycles. The number of carbonyl (C=O) groups excluding carboxylic acids is 1. The molecular weight excluding hydrogens is 556 g/mol.